The number of ether oxygens (including phenoxy) is 1. The second-order valence-corrected chi connectivity index (χ2v) is 8.97. The van der Waals surface area contributed by atoms with Crippen LogP contribution in [0, 0.1) is 23.7 Å². The maximum absolute atomic E-state index is 12.8. The Morgan fingerprint density at radius 3 is 2.10 bits per heavy atom. The largest absolute Gasteiger partial charge is 0.489 e. The van der Waals surface area contributed by atoms with Gasteiger partial charge in [-0.05, 0) is 72.2 Å². The highest BCUT2D eigenvalue weighted by Gasteiger charge is 2.56. The molecule has 152 valence electrons. The van der Waals surface area contributed by atoms with Gasteiger partial charge < -0.3 is 4.74 Å². The lowest BCUT2D eigenvalue weighted by molar-refractivity contribution is -0.140. The molecule has 6 heteroatoms. The standard InChI is InChI=1S/C24H21BrN2O3/c25-19-9-1-16(2-10-19)14-30-20-11-3-15(4-12-20)13-26-27-23(28)21-17-5-6-18(8-7-17)22(21)24(27)29/h1-6,9-13,17-18,21-22H,7-8,14H2/b26-13+. The van der Waals surface area contributed by atoms with Crippen LogP contribution in [-0.4, -0.2) is 23.0 Å². The van der Waals surface area contributed by atoms with Gasteiger partial charge >= 0.3 is 0 Å². The van der Waals surface area contributed by atoms with E-state index in [1.165, 1.54) is 0 Å². The van der Waals surface area contributed by atoms with Gasteiger partial charge in [0, 0.05) is 4.47 Å². The van der Waals surface area contributed by atoms with Crippen LogP contribution < -0.4 is 4.74 Å². The molecule has 2 bridgehead atoms. The zero-order valence-corrected chi connectivity index (χ0v) is 17.9. The lowest BCUT2D eigenvalue weighted by Gasteiger charge is -2.37. The van der Waals surface area contributed by atoms with Crippen molar-refractivity contribution in [3.63, 3.8) is 0 Å². The third-order valence-corrected chi connectivity index (χ3v) is 6.79. The molecule has 30 heavy (non-hydrogen) atoms. The molecule has 1 saturated heterocycles. The second kappa shape index (κ2) is 7.84. The number of hydrogen-bond acceptors (Lipinski definition) is 4. The van der Waals surface area contributed by atoms with Gasteiger partial charge in [-0.3, -0.25) is 9.59 Å². The molecule has 2 amide bonds. The third kappa shape index (κ3) is 3.49. The zero-order valence-electron chi connectivity index (χ0n) is 16.3. The van der Waals surface area contributed by atoms with Gasteiger partial charge in [0.05, 0.1) is 18.1 Å². The molecule has 1 aliphatic heterocycles. The van der Waals surface area contributed by atoms with Crippen molar-refractivity contribution in [2.24, 2.45) is 28.8 Å². The van der Waals surface area contributed by atoms with Crippen LogP contribution in [0.15, 0.2) is 70.3 Å². The molecular weight excluding hydrogens is 444 g/mol. The number of imide groups is 1. The number of fused-ring (bicyclic) bond motifs is 1. The lowest BCUT2D eigenvalue weighted by Crippen LogP contribution is -2.38. The fourth-order valence-electron chi connectivity index (χ4n) is 4.69. The molecule has 5 nitrogen and oxygen atoms in total. The number of rotatable bonds is 5. The zero-order chi connectivity index (χ0) is 20.7. The number of allylic oxidation sites excluding steroid dienone is 2. The molecule has 4 aliphatic rings. The first kappa shape index (κ1) is 19.2. The minimum Gasteiger partial charge on any atom is -0.489 e. The average molecular weight is 465 g/mol. The molecule has 0 N–H and O–H groups in total. The summed E-state index contributed by atoms with van der Waals surface area (Å²) in [6.45, 7) is 0.483. The van der Waals surface area contributed by atoms with Crippen LogP contribution in [0.4, 0.5) is 0 Å². The van der Waals surface area contributed by atoms with Gasteiger partial charge in [-0.1, -0.05) is 40.2 Å². The summed E-state index contributed by atoms with van der Waals surface area (Å²) in [7, 11) is 0. The Labute approximate surface area is 183 Å². The number of halogens is 1. The molecule has 3 aliphatic carbocycles. The van der Waals surface area contributed by atoms with Crippen LogP contribution >= 0.6 is 15.9 Å². The maximum atomic E-state index is 12.8. The van der Waals surface area contributed by atoms with Gasteiger partial charge in [0.1, 0.15) is 12.4 Å². The van der Waals surface area contributed by atoms with Crippen LogP contribution in [0.3, 0.4) is 0 Å². The normalized spacial score (nSPS) is 27.2. The highest BCUT2D eigenvalue weighted by atomic mass is 79.9. The van der Waals surface area contributed by atoms with Gasteiger partial charge in [0.25, 0.3) is 11.8 Å². The molecule has 0 radical (unpaired) electrons. The number of carbonyl (C=O) groups excluding carboxylic acids is 2. The summed E-state index contributed by atoms with van der Waals surface area (Å²) < 4.78 is 6.84. The molecule has 0 aromatic heterocycles. The molecule has 0 spiro atoms. The first-order valence-corrected chi connectivity index (χ1v) is 11.0. The SMILES string of the molecule is O=C1C2C3C=CC(CC3)C2C(=O)N1/N=C/c1ccc(OCc2ccc(Br)cc2)cc1. The van der Waals surface area contributed by atoms with E-state index in [2.05, 4.69) is 33.2 Å². The summed E-state index contributed by atoms with van der Waals surface area (Å²) in [4.78, 5) is 25.6. The van der Waals surface area contributed by atoms with E-state index in [4.69, 9.17) is 4.74 Å². The highest BCUT2D eigenvalue weighted by Crippen LogP contribution is 2.49. The van der Waals surface area contributed by atoms with Crippen molar-refractivity contribution in [2.75, 3.05) is 0 Å². The van der Waals surface area contributed by atoms with Gasteiger partial charge in [-0.25, -0.2) is 0 Å². The fourth-order valence-corrected chi connectivity index (χ4v) is 4.96. The van der Waals surface area contributed by atoms with Crippen molar-refractivity contribution in [3.05, 3.63) is 76.3 Å². The fraction of sp³-hybridized carbons (Fsp3) is 0.292. The lowest BCUT2D eigenvalue weighted by atomic mass is 9.63. The Kier molecular flexibility index (Phi) is 5.03. The molecule has 2 aromatic rings. The van der Waals surface area contributed by atoms with E-state index < -0.39 is 0 Å². The molecule has 1 saturated carbocycles. The minimum atomic E-state index is -0.229. The van der Waals surface area contributed by atoms with Gasteiger partial charge in [-0.2, -0.15) is 10.1 Å². The van der Waals surface area contributed by atoms with E-state index in [1.54, 1.807) is 6.21 Å². The average Bonchev–Trinajstić information content (AvgIpc) is 3.05. The Balaban J connectivity index is 1.23. The summed E-state index contributed by atoms with van der Waals surface area (Å²) in [5, 5.41) is 5.33. The van der Waals surface area contributed by atoms with Crippen molar-refractivity contribution in [1.82, 2.24) is 5.01 Å². The van der Waals surface area contributed by atoms with Crippen LogP contribution in [0.5, 0.6) is 5.75 Å². The van der Waals surface area contributed by atoms with E-state index >= 15 is 0 Å². The monoisotopic (exact) mass is 464 g/mol. The van der Waals surface area contributed by atoms with Crippen LogP contribution in [0.2, 0.25) is 0 Å². The predicted molar refractivity (Wildman–Crippen MR) is 117 cm³/mol. The van der Waals surface area contributed by atoms with Gasteiger partial charge in [0.15, 0.2) is 0 Å². The molecule has 2 aromatic carbocycles. The van der Waals surface area contributed by atoms with E-state index in [0.717, 1.165) is 39.2 Å². The number of amides is 2. The van der Waals surface area contributed by atoms with Crippen molar-refractivity contribution in [3.8, 4) is 5.75 Å². The molecule has 1 heterocycles. The van der Waals surface area contributed by atoms with E-state index in [1.807, 2.05) is 48.5 Å². The topological polar surface area (TPSA) is 59.0 Å². The van der Waals surface area contributed by atoms with E-state index in [0.29, 0.717) is 6.61 Å². The summed E-state index contributed by atoms with van der Waals surface area (Å²) in [5.41, 5.74) is 1.89. The number of nitrogens with zero attached hydrogens (tertiary/aromatic N) is 2. The van der Waals surface area contributed by atoms with Crippen molar-refractivity contribution in [2.45, 2.75) is 19.4 Å². The summed E-state index contributed by atoms with van der Waals surface area (Å²) in [6, 6.07) is 15.4. The van der Waals surface area contributed by atoms with Gasteiger partial charge in [-0.15, -0.1) is 0 Å². The Morgan fingerprint density at radius 2 is 1.53 bits per heavy atom. The minimum absolute atomic E-state index is 0.158. The molecule has 4 unspecified atom stereocenters. The number of hydrogen-bond donors (Lipinski definition) is 0. The van der Waals surface area contributed by atoms with E-state index in [-0.39, 0.29) is 35.5 Å². The predicted octanol–water partition coefficient (Wildman–Crippen LogP) is 4.56. The first-order chi connectivity index (χ1) is 14.6. The maximum Gasteiger partial charge on any atom is 0.254 e. The van der Waals surface area contributed by atoms with E-state index in [9.17, 15) is 9.59 Å². The number of benzene rings is 2. The van der Waals surface area contributed by atoms with Crippen molar-refractivity contribution in [1.29, 1.82) is 0 Å². The van der Waals surface area contributed by atoms with Crippen LogP contribution in [0.1, 0.15) is 24.0 Å². The number of carbonyl (C=O) groups is 2. The first-order valence-electron chi connectivity index (χ1n) is 10.2. The Bertz CT molecular complexity index is 997. The summed E-state index contributed by atoms with van der Waals surface area (Å²) in [5.74, 6) is 0.333. The Morgan fingerprint density at radius 1 is 0.933 bits per heavy atom. The van der Waals surface area contributed by atoms with Gasteiger partial charge in [0.2, 0.25) is 0 Å². The summed E-state index contributed by atoms with van der Waals surface area (Å²) >= 11 is 3.42. The molecular formula is C24H21BrN2O3. The third-order valence-electron chi connectivity index (χ3n) is 6.26. The second-order valence-electron chi connectivity index (χ2n) is 8.06. The molecule has 2 fully saturated rings. The van der Waals surface area contributed by atoms with Crippen LogP contribution in [0.25, 0.3) is 0 Å². The Hall–Kier alpha value is -2.73. The summed E-state index contributed by atoms with van der Waals surface area (Å²) in [6.07, 6.45) is 7.77. The van der Waals surface area contributed by atoms with Crippen LogP contribution in [-0.2, 0) is 16.2 Å². The smallest absolute Gasteiger partial charge is 0.254 e. The molecule has 6 rings (SSSR count). The van der Waals surface area contributed by atoms with Crippen molar-refractivity contribution >= 4 is 34.0 Å². The molecule has 4 atom stereocenters. The quantitative estimate of drug-likeness (QED) is 0.370. The number of hydrazone groups is 1. The highest BCUT2D eigenvalue weighted by molar-refractivity contribution is 9.10. The van der Waals surface area contributed by atoms with Crippen molar-refractivity contribution < 1.29 is 14.3 Å².